The van der Waals surface area contributed by atoms with E-state index in [0.717, 1.165) is 22.3 Å². The number of amides is 3. The number of piperidine rings is 1. The van der Waals surface area contributed by atoms with Crippen LogP contribution in [0.2, 0.25) is 0 Å². The molecule has 6 heteroatoms. The zero-order chi connectivity index (χ0) is 21.2. The van der Waals surface area contributed by atoms with E-state index in [-0.39, 0.29) is 17.0 Å². The average molecular weight is 394 g/mol. The smallest absolute Gasteiger partial charge is 0.323 e. The van der Waals surface area contributed by atoms with E-state index in [9.17, 15) is 19.2 Å². The molecule has 3 rings (SSSR count). The van der Waals surface area contributed by atoms with Gasteiger partial charge in [-0.1, -0.05) is 5.92 Å². The van der Waals surface area contributed by atoms with Crippen LogP contribution in [0.15, 0.2) is 12.1 Å². The normalized spacial score (nSPS) is 18.9. The molecule has 2 fully saturated rings. The Bertz CT molecular complexity index is 887. The van der Waals surface area contributed by atoms with Gasteiger partial charge in [-0.2, -0.15) is 0 Å². The van der Waals surface area contributed by atoms with Crippen molar-refractivity contribution in [3.8, 4) is 11.8 Å². The van der Waals surface area contributed by atoms with Gasteiger partial charge < -0.3 is 4.90 Å². The number of carbonyl (C=O) groups excluding carboxylic acids is 4. The lowest BCUT2D eigenvalue weighted by molar-refractivity contribution is -0.138. The Hall–Kier alpha value is -2.94. The number of aryl methyl sites for hydroxylation is 2. The number of hydrogen-bond acceptors (Lipinski definition) is 4. The number of hydrogen-bond donors (Lipinski definition) is 1. The largest absolute Gasteiger partial charge is 0.324 e. The molecule has 29 heavy (non-hydrogen) atoms. The molecule has 0 radical (unpaired) electrons. The fraction of sp³-hybridized carbons (Fsp3) is 0.478. The van der Waals surface area contributed by atoms with Crippen LogP contribution in [0.25, 0.3) is 0 Å². The zero-order valence-electron chi connectivity index (χ0n) is 17.1. The summed E-state index contributed by atoms with van der Waals surface area (Å²) in [7, 11) is 0. The molecule has 1 heterocycles. The Morgan fingerprint density at radius 2 is 1.69 bits per heavy atom. The van der Waals surface area contributed by atoms with E-state index < -0.39 is 11.9 Å². The molecule has 1 saturated heterocycles. The molecular formula is C23H26N2O4. The van der Waals surface area contributed by atoms with Gasteiger partial charge in [-0.3, -0.25) is 19.7 Å². The van der Waals surface area contributed by atoms with Crippen molar-refractivity contribution in [2.24, 2.45) is 5.41 Å². The van der Waals surface area contributed by atoms with E-state index in [0.29, 0.717) is 45.2 Å². The molecule has 1 aliphatic heterocycles. The van der Waals surface area contributed by atoms with Gasteiger partial charge in [0.15, 0.2) is 0 Å². The van der Waals surface area contributed by atoms with E-state index in [4.69, 9.17) is 0 Å². The Kier molecular flexibility index (Phi) is 5.88. The summed E-state index contributed by atoms with van der Waals surface area (Å²) in [5.74, 6) is 5.13. The fourth-order valence-corrected chi connectivity index (χ4v) is 4.83. The van der Waals surface area contributed by atoms with Crippen LogP contribution in [-0.4, -0.2) is 42.0 Å². The predicted molar refractivity (Wildman–Crippen MR) is 108 cm³/mol. The topological polar surface area (TPSA) is 83.6 Å². The van der Waals surface area contributed by atoms with E-state index in [1.165, 1.54) is 0 Å². The average Bonchev–Trinajstić information content (AvgIpc) is 2.64. The zero-order valence-corrected chi connectivity index (χ0v) is 17.1. The fourth-order valence-electron chi connectivity index (χ4n) is 4.83. The van der Waals surface area contributed by atoms with Gasteiger partial charge >= 0.3 is 6.03 Å². The quantitative estimate of drug-likeness (QED) is 0.475. The Balaban J connectivity index is 1.79. The van der Waals surface area contributed by atoms with Crippen LogP contribution < -0.4 is 5.32 Å². The summed E-state index contributed by atoms with van der Waals surface area (Å²) < 4.78 is 0. The van der Waals surface area contributed by atoms with Crippen molar-refractivity contribution in [2.75, 3.05) is 13.1 Å². The van der Waals surface area contributed by atoms with Crippen LogP contribution in [0.4, 0.5) is 4.79 Å². The number of likely N-dealkylation sites (tertiary alicyclic amines) is 1. The van der Waals surface area contributed by atoms with Gasteiger partial charge in [-0.05, 0) is 67.9 Å². The number of rotatable bonds is 2. The second kappa shape index (κ2) is 8.20. The molecule has 0 aromatic heterocycles. The molecule has 2 aliphatic rings. The first-order valence-corrected chi connectivity index (χ1v) is 9.88. The molecule has 152 valence electrons. The van der Waals surface area contributed by atoms with Gasteiger partial charge in [-0.15, -0.1) is 5.92 Å². The van der Waals surface area contributed by atoms with Crippen LogP contribution in [0, 0.1) is 31.1 Å². The number of ketones is 2. The lowest BCUT2D eigenvalue weighted by Gasteiger charge is -2.44. The molecule has 1 spiro atoms. The van der Waals surface area contributed by atoms with Gasteiger partial charge in [0.1, 0.15) is 17.5 Å². The number of urea groups is 1. The van der Waals surface area contributed by atoms with Crippen molar-refractivity contribution in [3.05, 3.63) is 34.4 Å². The van der Waals surface area contributed by atoms with Crippen LogP contribution >= 0.6 is 0 Å². The van der Waals surface area contributed by atoms with Gasteiger partial charge in [-0.25, -0.2) is 4.79 Å². The Labute approximate surface area is 171 Å². The van der Waals surface area contributed by atoms with Crippen molar-refractivity contribution < 1.29 is 19.2 Å². The van der Waals surface area contributed by atoms with Crippen LogP contribution in [0.1, 0.15) is 60.8 Å². The molecule has 1 aromatic carbocycles. The van der Waals surface area contributed by atoms with Gasteiger partial charge in [0.2, 0.25) is 6.41 Å². The van der Waals surface area contributed by atoms with Crippen molar-refractivity contribution in [1.82, 2.24) is 10.2 Å². The maximum absolute atomic E-state index is 13.1. The van der Waals surface area contributed by atoms with Crippen molar-refractivity contribution in [1.29, 1.82) is 0 Å². The third-order valence-corrected chi connectivity index (χ3v) is 6.19. The third-order valence-electron chi connectivity index (χ3n) is 6.19. The van der Waals surface area contributed by atoms with Crippen molar-refractivity contribution in [3.63, 3.8) is 0 Å². The second-order valence-electron chi connectivity index (χ2n) is 8.17. The minimum atomic E-state index is -0.708. The van der Waals surface area contributed by atoms with E-state index in [1.54, 1.807) is 11.8 Å². The molecule has 1 aliphatic carbocycles. The van der Waals surface area contributed by atoms with Crippen LogP contribution in [-0.2, 0) is 14.4 Å². The van der Waals surface area contributed by atoms with E-state index >= 15 is 0 Å². The number of imide groups is 1. The maximum Gasteiger partial charge on any atom is 0.323 e. The predicted octanol–water partition coefficient (Wildman–Crippen LogP) is 2.64. The van der Waals surface area contributed by atoms with E-state index in [2.05, 4.69) is 17.2 Å². The third kappa shape index (κ3) is 4.09. The molecule has 0 unspecified atom stereocenters. The minimum Gasteiger partial charge on any atom is -0.324 e. The lowest BCUT2D eigenvalue weighted by Crippen LogP contribution is -2.50. The monoisotopic (exact) mass is 394 g/mol. The Morgan fingerprint density at radius 3 is 2.17 bits per heavy atom. The molecule has 0 bridgehead atoms. The molecule has 1 aromatic rings. The van der Waals surface area contributed by atoms with E-state index in [1.807, 2.05) is 26.0 Å². The maximum atomic E-state index is 13.1. The number of nitrogens with zero attached hydrogens (tertiary/aromatic N) is 1. The highest BCUT2D eigenvalue weighted by Gasteiger charge is 2.47. The number of nitrogens with one attached hydrogen (secondary N) is 1. The SMILES string of the molecule is CC#Cc1cc(C)c(C2C(=O)CC3(CCN(C(=O)NC=O)CC3)CC2=O)c(C)c1. The first-order valence-electron chi connectivity index (χ1n) is 9.88. The summed E-state index contributed by atoms with van der Waals surface area (Å²) in [5.41, 5.74) is 3.17. The summed E-state index contributed by atoms with van der Waals surface area (Å²) in [6.07, 6.45) is 2.25. The van der Waals surface area contributed by atoms with Gasteiger partial charge in [0, 0.05) is 31.5 Å². The highest BCUT2D eigenvalue weighted by Crippen LogP contribution is 2.46. The number of benzene rings is 1. The highest BCUT2D eigenvalue weighted by molar-refractivity contribution is 6.10. The molecule has 6 nitrogen and oxygen atoms in total. The van der Waals surface area contributed by atoms with Gasteiger partial charge in [0.05, 0.1) is 0 Å². The lowest BCUT2D eigenvalue weighted by atomic mass is 9.62. The van der Waals surface area contributed by atoms with Crippen molar-refractivity contribution >= 4 is 24.0 Å². The number of Topliss-reactive ketones (excluding diaryl/α,β-unsaturated/α-hetero) is 2. The molecule has 1 saturated carbocycles. The summed E-state index contributed by atoms with van der Waals surface area (Å²) in [6, 6.07) is 3.45. The molecule has 1 N–H and O–H groups in total. The highest BCUT2D eigenvalue weighted by atomic mass is 16.2. The molecule has 0 atom stereocenters. The number of carbonyl (C=O) groups is 4. The summed E-state index contributed by atoms with van der Waals surface area (Å²) in [6.45, 7) is 6.51. The standard InChI is InChI=1S/C23H26N2O4/c1-4-5-17-10-15(2)20(16(3)11-17)21-18(27)12-23(13-19(21)28)6-8-25(9-7-23)22(29)24-14-26/h10-11,14,21H,6-9,12-13H2,1-3H3,(H,24,26,29). The van der Waals surface area contributed by atoms with Crippen LogP contribution in [0.5, 0.6) is 0 Å². The summed E-state index contributed by atoms with van der Waals surface area (Å²) >= 11 is 0. The first-order chi connectivity index (χ1) is 13.8. The Morgan fingerprint density at radius 1 is 1.14 bits per heavy atom. The summed E-state index contributed by atoms with van der Waals surface area (Å²) in [5, 5.41) is 2.14. The van der Waals surface area contributed by atoms with Gasteiger partial charge in [0.25, 0.3) is 0 Å². The van der Waals surface area contributed by atoms with Crippen molar-refractivity contribution in [2.45, 2.75) is 52.4 Å². The first kappa shape index (κ1) is 20.8. The molecule has 3 amide bonds. The van der Waals surface area contributed by atoms with Crippen LogP contribution in [0.3, 0.4) is 0 Å². The second-order valence-corrected chi connectivity index (χ2v) is 8.17. The summed E-state index contributed by atoms with van der Waals surface area (Å²) in [4.78, 5) is 50.1. The minimum absolute atomic E-state index is 0.0347. The molecular weight excluding hydrogens is 368 g/mol.